The Morgan fingerprint density at radius 3 is 2.71 bits per heavy atom. The molecule has 0 spiro atoms. The van der Waals surface area contributed by atoms with Crippen molar-refractivity contribution in [3.05, 3.63) is 35.6 Å². The van der Waals surface area contributed by atoms with Gasteiger partial charge in [0.25, 0.3) is 0 Å². The van der Waals surface area contributed by atoms with Gasteiger partial charge in [-0.25, -0.2) is 4.39 Å². The minimum Gasteiger partial charge on any atom is -0.285 e. The highest BCUT2D eigenvalue weighted by Gasteiger charge is 2.33. The number of halogens is 1. The van der Waals surface area contributed by atoms with Crippen LogP contribution in [0.3, 0.4) is 0 Å². The van der Waals surface area contributed by atoms with Gasteiger partial charge in [-0.3, -0.25) is 4.90 Å². The summed E-state index contributed by atoms with van der Waals surface area (Å²) in [5, 5.41) is 9.39. The van der Waals surface area contributed by atoms with Gasteiger partial charge in [0, 0.05) is 6.42 Å². The molecule has 90 valence electrons. The van der Waals surface area contributed by atoms with Gasteiger partial charge in [-0.2, -0.15) is 5.26 Å². The van der Waals surface area contributed by atoms with Gasteiger partial charge in [0.1, 0.15) is 11.4 Å². The van der Waals surface area contributed by atoms with E-state index in [0.717, 1.165) is 31.5 Å². The molecule has 0 radical (unpaired) electrons. The maximum Gasteiger partial charge on any atom is 0.123 e. The van der Waals surface area contributed by atoms with Crippen LogP contribution < -0.4 is 0 Å². The van der Waals surface area contributed by atoms with Crippen LogP contribution in [0.25, 0.3) is 0 Å². The summed E-state index contributed by atoms with van der Waals surface area (Å²) in [6.45, 7) is 3.89. The molecule has 1 atom stereocenters. The van der Waals surface area contributed by atoms with E-state index in [1.165, 1.54) is 12.1 Å². The summed E-state index contributed by atoms with van der Waals surface area (Å²) in [7, 11) is 0. The molecule has 0 aliphatic carbocycles. The molecule has 1 aromatic carbocycles. The van der Waals surface area contributed by atoms with Gasteiger partial charge in [-0.15, -0.1) is 0 Å². The van der Waals surface area contributed by atoms with E-state index < -0.39 is 5.54 Å². The summed E-state index contributed by atoms with van der Waals surface area (Å²) >= 11 is 0. The van der Waals surface area contributed by atoms with Crippen LogP contribution in [-0.2, 0) is 6.42 Å². The van der Waals surface area contributed by atoms with Crippen LogP contribution in [0.2, 0.25) is 0 Å². The predicted octanol–water partition coefficient (Wildman–Crippen LogP) is 2.75. The zero-order valence-electron chi connectivity index (χ0n) is 10.1. The number of hydrogen-bond acceptors (Lipinski definition) is 2. The Hall–Kier alpha value is -1.40. The summed E-state index contributed by atoms with van der Waals surface area (Å²) < 4.78 is 13.1. The fraction of sp³-hybridized carbons (Fsp3) is 0.500. The molecule has 0 aromatic heterocycles. The van der Waals surface area contributed by atoms with E-state index in [2.05, 4.69) is 11.0 Å². The zero-order valence-corrected chi connectivity index (χ0v) is 10.1. The lowest BCUT2D eigenvalue weighted by Crippen LogP contribution is -2.45. The van der Waals surface area contributed by atoms with E-state index in [1.54, 1.807) is 6.07 Å². The molecule has 1 unspecified atom stereocenters. The molecule has 3 heteroatoms. The number of hydrogen-bond donors (Lipinski definition) is 0. The van der Waals surface area contributed by atoms with Crippen molar-refractivity contribution in [3.63, 3.8) is 0 Å². The average molecular weight is 232 g/mol. The van der Waals surface area contributed by atoms with E-state index in [1.807, 2.05) is 13.0 Å². The van der Waals surface area contributed by atoms with Crippen molar-refractivity contribution in [2.24, 2.45) is 0 Å². The molecule has 2 nitrogen and oxygen atoms in total. The van der Waals surface area contributed by atoms with Gasteiger partial charge in [0.05, 0.1) is 6.07 Å². The molecule has 1 aliphatic heterocycles. The molecule has 1 fully saturated rings. The second kappa shape index (κ2) is 4.85. The molecule has 1 aliphatic rings. The van der Waals surface area contributed by atoms with Crippen molar-refractivity contribution < 1.29 is 4.39 Å². The van der Waals surface area contributed by atoms with E-state index >= 15 is 0 Å². The summed E-state index contributed by atoms with van der Waals surface area (Å²) in [6, 6.07) is 8.93. The third-order valence-corrected chi connectivity index (χ3v) is 3.48. The molecule has 0 saturated carbocycles. The van der Waals surface area contributed by atoms with Crippen LogP contribution in [0.5, 0.6) is 0 Å². The van der Waals surface area contributed by atoms with Gasteiger partial charge in [0.2, 0.25) is 0 Å². The van der Waals surface area contributed by atoms with Crippen LogP contribution in [0.15, 0.2) is 24.3 Å². The quantitative estimate of drug-likeness (QED) is 0.801. The van der Waals surface area contributed by atoms with E-state index in [4.69, 9.17) is 0 Å². The standard InChI is InChI=1S/C14H17FN2/c1-14(11-16,17-7-2-3-8-17)10-12-5-4-6-13(15)9-12/h4-6,9H,2-3,7-8,10H2,1H3. The van der Waals surface area contributed by atoms with Gasteiger partial charge < -0.3 is 0 Å². The van der Waals surface area contributed by atoms with Crippen LogP contribution in [0.4, 0.5) is 4.39 Å². The molecule has 1 aromatic rings. The molecule has 1 saturated heterocycles. The summed E-state index contributed by atoms with van der Waals surface area (Å²) in [6.07, 6.45) is 2.89. The Balaban J connectivity index is 2.17. The van der Waals surface area contributed by atoms with E-state index in [9.17, 15) is 9.65 Å². The van der Waals surface area contributed by atoms with Gasteiger partial charge in [0.15, 0.2) is 0 Å². The van der Waals surface area contributed by atoms with Gasteiger partial charge >= 0.3 is 0 Å². The smallest absolute Gasteiger partial charge is 0.123 e. The van der Waals surface area contributed by atoms with Crippen molar-refractivity contribution in [2.75, 3.05) is 13.1 Å². The van der Waals surface area contributed by atoms with Crippen LogP contribution in [0, 0.1) is 17.1 Å². The Morgan fingerprint density at radius 2 is 2.12 bits per heavy atom. The minimum atomic E-state index is -0.510. The SMILES string of the molecule is CC(C#N)(Cc1cccc(F)c1)N1CCCC1. The number of rotatable bonds is 3. The molecule has 17 heavy (non-hydrogen) atoms. The first-order valence-corrected chi connectivity index (χ1v) is 6.05. The van der Waals surface area contributed by atoms with E-state index in [0.29, 0.717) is 6.42 Å². The fourth-order valence-corrected chi connectivity index (χ4v) is 2.48. The highest BCUT2D eigenvalue weighted by Crippen LogP contribution is 2.25. The summed E-state index contributed by atoms with van der Waals surface area (Å²) in [5.41, 5.74) is 0.380. The lowest BCUT2D eigenvalue weighted by Gasteiger charge is -2.32. The van der Waals surface area contributed by atoms with Crippen molar-refractivity contribution >= 4 is 0 Å². The highest BCUT2D eigenvalue weighted by atomic mass is 19.1. The predicted molar refractivity (Wildman–Crippen MR) is 64.9 cm³/mol. The molecular weight excluding hydrogens is 215 g/mol. The lowest BCUT2D eigenvalue weighted by atomic mass is 9.92. The molecule has 1 heterocycles. The average Bonchev–Trinajstić information content (AvgIpc) is 2.83. The molecule has 0 amide bonds. The van der Waals surface area contributed by atoms with Gasteiger partial charge in [-0.1, -0.05) is 12.1 Å². The summed E-state index contributed by atoms with van der Waals surface area (Å²) in [4.78, 5) is 2.21. The van der Waals surface area contributed by atoms with Crippen molar-refractivity contribution in [1.29, 1.82) is 5.26 Å². The van der Waals surface area contributed by atoms with Crippen molar-refractivity contribution in [3.8, 4) is 6.07 Å². The largest absolute Gasteiger partial charge is 0.285 e. The number of benzene rings is 1. The van der Waals surface area contributed by atoms with Crippen molar-refractivity contribution in [2.45, 2.75) is 31.7 Å². The maximum absolute atomic E-state index is 13.1. The monoisotopic (exact) mass is 232 g/mol. The first-order chi connectivity index (χ1) is 8.14. The molecule has 0 bridgehead atoms. The summed E-state index contributed by atoms with van der Waals surface area (Å²) in [5.74, 6) is -0.232. The second-order valence-electron chi connectivity index (χ2n) is 4.89. The minimum absolute atomic E-state index is 0.232. The number of nitrogens with zero attached hydrogens (tertiary/aromatic N) is 2. The Morgan fingerprint density at radius 1 is 1.41 bits per heavy atom. The normalized spacial score (nSPS) is 19.8. The van der Waals surface area contributed by atoms with Gasteiger partial charge in [-0.05, 0) is 50.6 Å². The first-order valence-electron chi connectivity index (χ1n) is 6.05. The Bertz CT molecular complexity index is 432. The van der Waals surface area contributed by atoms with E-state index in [-0.39, 0.29) is 5.82 Å². The second-order valence-corrected chi connectivity index (χ2v) is 4.89. The zero-order chi connectivity index (χ0) is 12.3. The topological polar surface area (TPSA) is 27.0 Å². The Kier molecular flexibility index (Phi) is 3.44. The maximum atomic E-state index is 13.1. The number of likely N-dealkylation sites (tertiary alicyclic amines) is 1. The Labute approximate surface area is 102 Å². The molecule has 2 rings (SSSR count). The molecular formula is C14H17FN2. The third-order valence-electron chi connectivity index (χ3n) is 3.48. The highest BCUT2D eigenvalue weighted by molar-refractivity contribution is 5.22. The van der Waals surface area contributed by atoms with Crippen molar-refractivity contribution in [1.82, 2.24) is 4.90 Å². The third kappa shape index (κ3) is 2.65. The van der Waals surface area contributed by atoms with Crippen LogP contribution in [-0.4, -0.2) is 23.5 Å². The first kappa shape index (κ1) is 12.1. The lowest BCUT2D eigenvalue weighted by molar-refractivity contribution is 0.191. The number of nitriles is 1. The van der Waals surface area contributed by atoms with Crippen LogP contribution in [0.1, 0.15) is 25.3 Å². The molecule has 0 N–H and O–H groups in total. The van der Waals surface area contributed by atoms with Crippen LogP contribution >= 0.6 is 0 Å². The fourth-order valence-electron chi connectivity index (χ4n) is 2.48.